The average molecular weight is 565 g/mol. The van der Waals surface area contributed by atoms with E-state index in [1.807, 2.05) is 24.3 Å². The first-order valence-electron chi connectivity index (χ1n) is 14.9. The van der Waals surface area contributed by atoms with Gasteiger partial charge in [-0.1, -0.05) is 97.1 Å². The summed E-state index contributed by atoms with van der Waals surface area (Å²) in [6, 6.07) is 44.5. The van der Waals surface area contributed by atoms with E-state index in [1.54, 1.807) is 0 Å². The Morgan fingerprint density at radius 3 is 1.09 bits per heavy atom. The van der Waals surface area contributed by atoms with Crippen molar-refractivity contribution in [3.8, 4) is 66.8 Å². The van der Waals surface area contributed by atoms with Crippen molar-refractivity contribution in [1.82, 2.24) is 0 Å². The van der Waals surface area contributed by atoms with E-state index in [0.29, 0.717) is 16.5 Å². The number of fused-ring (bicyclic) bond motifs is 7. The van der Waals surface area contributed by atoms with Crippen molar-refractivity contribution in [3.05, 3.63) is 145 Å². The highest BCUT2D eigenvalue weighted by Crippen LogP contribution is 2.50. The van der Waals surface area contributed by atoms with Crippen molar-refractivity contribution in [2.75, 3.05) is 0 Å². The Morgan fingerprint density at radius 1 is 0.273 bits per heavy atom. The number of halogens is 2. The van der Waals surface area contributed by atoms with E-state index in [-0.39, 0.29) is 11.6 Å². The minimum atomic E-state index is -0.360. The Bertz CT molecular complexity index is 2390. The van der Waals surface area contributed by atoms with Crippen LogP contribution in [0, 0.1) is 11.6 Å². The zero-order valence-electron chi connectivity index (χ0n) is 23.5. The quantitative estimate of drug-likeness (QED) is 0.196. The number of rotatable bonds is 2. The first-order valence-corrected chi connectivity index (χ1v) is 14.9. The van der Waals surface area contributed by atoms with Crippen LogP contribution in [0.1, 0.15) is 0 Å². The fourth-order valence-corrected chi connectivity index (χ4v) is 7.66. The van der Waals surface area contributed by atoms with Gasteiger partial charge in [0.15, 0.2) is 0 Å². The fourth-order valence-electron chi connectivity index (χ4n) is 7.66. The number of benzene rings is 8. The topological polar surface area (TPSA) is 0 Å². The van der Waals surface area contributed by atoms with Crippen molar-refractivity contribution in [2.45, 2.75) is 0 Å². The van der Waals surface area contributed by atoms with Gasteiger partial charge >= 0.3 is 0 Å². The summed E-state index contributed by atoms with van der Waals surface area (Å²) < 4.78 is 31.3. The number of hydrogen-bond donors (Lipinski definition) is 0. The molecule has 8 aromatic carbocycles. The summed E-state index contributed by atoms with van der Waals surface area (Å²) in [5.74, 6) is -0.719. The molecule has 0 amide bonds. The van der Waals surface area contributed by atoms with Crippen LogP contribution in [0.15, 0.2) is 133 Å². The second kappa shape index (κ2) is 8.49. The van der Waals surface area contributed by atoms with Crippen LogP contribution >= 0.6 is 0 Å². The Labute approximate surface area is 252 Å². The molecule has 0 aliphatic heterocycles. The Hall–Kier alpha value is -5.60. The van der Waals surface area contributed by atoms with Crippen LogP contribution in [-0.2, 0) is 0 Å². The van der Waals surface area contributed by atoms with Crippen molar-refractivity contribution in [2.24, 2.45) is 0 Å². The lowest BCUT2D eigenvalue weighted by atomic mass is 9.93. The van der Waals surface area contributed by atoms with Gasteiger partial charge in [0.2, 0.25) is 0 Å². The molecule has 0 unspecified atom stereocenters. The monoisotopic (exact) mass is 564 g/mol. The first-order chi connectivity index (χ1) is 21.6. The summed E-state index contributed by atoms with van der Waals surface area (Å²) in [6.45, 7) is 0. The minimum absolute atomic E-state index is 0.360. The molecule has 0 atom stereocenters. The SMILES string of the molecule is Fc1cc2cc(F)c(-c3ccc4c(c3)-c3cccc5cccc-4c35)cc2cc1-c1ccc2c(c1)-c1cccc3cccc-2c13. The third-order valence-corrected chi connectivity index (χ3v) is 9.64. The normalized spacial score (nSPS) is 12.3. The standard InChI is InChI=1S/C42H22F2/c43-39-21-28-22-40(44)36(26-14-16-30-32-10-2-6-24-8-4-12-34(42(24)32)38(30)18-26)20-27(28)19-35(39)25-13-15-29-31-9-1-5-23-7-3-11-33(41(23)31)37(29)17-25/h1-22H. The highest BCUT2D eigenvalue weighted by Gasteiger charge is 2.24. The van der Waals surface area contributed by atoms with Gasteiger partial charge in [-0.25, -0.2) is 8.78 Å². The van der Waals surface area contributed by atoms with Crippen LogP contribution in [0.5, 0.6) is 0 Å². The van der Waals surface area contributed by atoms with Gasteiger partial charge in [0.05, 0.1) is 0 Å². The minimum Gasteiger partial charge on any atom is -0.206 e. The van der Waals surface area contributed by atoms with Gasteiger partial charge in [-0.15, -0.1) is 0 Å². The zero-order valence-corrected chi connectivity index (χ0v) is 23.5. The van der Waals surface area contributed by atoms with E-state index in [0.717, 1.165) is 27.6 Å². The molecule has 10 rings (SSSR count). The lowest BCUT2D eigenvalue weighted by Crippen LogP contribution is -1.91. The van der Waals surface area contributed by atoms with Gasteiger partial charge < -0.3 is 0 Å². The predicted molar refractivity (Wildman–Crippen MR) is 179 cm³/mol. The molecule has 0 saturated carbocycles. The molecular formula is C42H22F2. The molecule has 0 bridgehead atoms. The maximum absolute atomic E-state index is 15.7. The molecule has 44 heavy (non-hydrogen) atoms. The molecule has 2 aliphatic rings. The highest BCUT2D eigenvalue weighted by molar-refractivity contribution is 6.17. The Kier molecular flexibility index (Phi) is 4.61. The van der Waals surface area contributed by atoms with E-state index < -0.39 is 0 Å². The van der Waals surface area contributed by atoms with Crippen LogP contribution in [0.2, 0.25) is 0 Å². The molecule has 0 radical (unpaired) electrons. The summed E-state index contributed by atoms with van der Waals surface area (Å²) in [4.78, 5) is 0. The van der Waals surface area contributed by atoms with Gasteiger partial charge in [0.25, 0.3) is 0 Å². The predicted octanol–water partition coefficient (Wildman–Crippen LogP) is 12.1. The molecule has 204 valence electrons. The third-order valence-electron chi connectivity index (χ3n) is 9.64. The van der Waals surface area contributed by atoms with Crippen molar-refractivity contribution < 1.29 is 8.78 Å². The van der Waals surface area contributed by atoms with Gasteiger partial charge in [-0.3, -0.25) is 0 Å². The molecule has 0 spiro atoms. The lowest BCUT2D eigenvalue weighted by Gasteiger charge is -2.12. The molecular weight excluding hydrogens is 542 g/mol. The van der Waals surface area contributed by atoms with Gasteiger partial charge in [0, 0.05) is 11.1 Å². The van der Waals surface area contributed by atoms with Crippen LogP contribution in [0.4, 0.5) is 8.78 Å². The van der Waals surface area contributed by atoms with Gasteiger partial charge in [0.1, 0.15) is 11.6 Å². The van der Waals surface area contributed by atoms with Crippen molar-refractivity contribution in [1.29, 1.82) is 0 Å². The van der Waals surface area contributed by atoms with Crippen LogP contribution in [0.3, 0.4) is 0 Å². The molecule has 2 aliphatic carbocycles. The summed E-state index contributed by atoms with van der Waals surface area (Å²) in [7, 11) is 0. The zero-order chi connectivity index (χ0) is 29.1. The Morgan fingerprint density at radius 2 is 0.659 bits per heavy atom. The first kappa shape index (κ1) is 23.9. The van der Waals surface area contributed by atoms with Gasteiger partial charge in [-0.05, 0) is 124 Å². The van der Waals surface area contributed by atoms with Gasteiger partial charge in [-0.2, -0.15) is 0 Å². The van der Waals surface area contributed by atoms with Crippen molar-refractivity contribution >= 4 is 32.3 Å². The van der Waals surface area contributed by atoms with E-state index in [1.165, 1.54) is 67.1 Å². The summed E-state index contributed by atoms with van der Waals surface area (Å²) in [6.07, 6.45) is 0. The highest BCUT2D eigenvalue weighted by atomic mass is 19.1. The number of hydrogen-bond acceptors (Lipinski definition) is 0. The Balaban J connectivity index is 1.11. The van der Waals surface area contributed by atoms with Crippen LogP contribution in [0.25, 0.3) is 99.1 Å². The van der Waals surface area contributed by atoms with Crippen LogP contribution < -0.4 is 0 Å². The third kappa shape index (κ3) is 3.15. The summed E-state index contributed by atoms with van der Waals surface area (Å²) in [5, 5.41) is 6.25. The molecule has 8 aromatic rings. The second-order valence-electron chi connectivity index (χ2n) is 12.0. The summed E-state index contributed by atoms with van der Waals surface area (Å²) >= 11 is 0. The summed E-state index contributed by atoms with van der Waals surface area (Å²) in [5.41, 5.74) is 12.0. The second-order valence-corrected chi connectivity index (χ2v) is 12.0. The molecule has 0 fully saturated rings. The molecule has 2 heteroatoms. The maximum atomic E-state index is 15.7. The van der Waals surface area contributed by atoms with E-state index in [2.05, 4.69) is 97.1 Å². The van der Waals surface area contributed by atoms with E-state index in [4.69, 9.17) is 0 Å². The van der Waals surface area contributed by atoms with Crippen LogP contribution in [-0.4, -0.2) is 0 Å². The maximum Gasteiger partial charge on any atom is 0.131 e. The van der Waals surface area contributed by atoms with E-state index in [9.17, 15) is 0 Å². The largest absolute Gasteiger partial charge is 0.206 e. The molecule has 0 heterocycles. The molecule has 0 nitrogen and oxygen atoms in total. The molecule has 0 N–H and O–H groups in total. The molecule has 0 saturated heterocycles. The smallest absolute Gasteiger partial charge is 0.131 e. The lowest BCUT2D eigenvalue weighted by molar-refractivity contribution is 0.629. The average Bonchev–Trinajstić information content (AvgIpc) is 3.55. The fraction of sp³-hybridized carbons (Fsp3) is 0. The molecule has 0 aromatic heterocycles. The van der Waals surface area contributed by atoms with E-state index >= 15 is 8.78 Å². The van der Waals surface area contributed by atoms with Crippen molar-refractivity contribution in [3.63, 3.8) is 0 Å².